The number of sulfonamides is 1. The smallest absolute Gasteiger partial charge is 0.308 e. The van der Waals surface area contributed by atoms with Gasteiger partial charge in [-0.3, -0.25) is 4.79 Å². The molecule has 3 unspecified atom stereocenters. The molecule has 0 amide bonds. The first-order valence-electron chi connectivity index (χ1n) is 7.10. The molecular weight excluding hydrogens is 290 g/mol. The molecule has 0 aromatic heterocycles. The third-order valence-electron chi connectivity index (χ3n) is 4.20. The molecule has 1 aromatic rings. The van der Waals surface area contributed by atoms with Gasteiger partial charge < -0.3 is 5.11 Å². The Morgan fingerprint density at radius 2 is 2.00 bits per heavy atom. The van der Waals surface area contributed by atoms with Crippen LogP contribution in [-0.2, 0) is 14.8 Å². The molecule has 1 aliphatic rings. The standard InChI is InChI=1S/C15H21NO4S/c1-11(13-6-4-3-5-7-13)10-21(19,20)16-9-8-14(12(16)2)15(17)18/h3-7,11-12,14H,8-10H2,1-2H3,(H,17,18). The third-order valence-corrected chi connectivity index (χ3v) is 6.35. The molecule has 1 aromatic carbocycles. The van der Waals surface area contributed by atoms with E-state index in [2.05, 4.69) is 0 Å². The summed E-state index contributed by atoms with van der Waals surface area (Å²) in [5.74, 6) is -1.64. The Hall–Kier alpha value is -1.40. The van der Waals surface area contributed by atoms with E-state index >= 15 is 0 Å². The van der Waals surface area contributed by atoms with Gasteiger partial charge in [-0.05, 0) is 24.8 Å². The highest BCUT2D eigenvalue weighted by atomic mass is 32.2. The molecule has 116 valence electrons. The van der Waals surface area contributed by atoms with Crippen molar-refractivity contribution in [3.63, 3.8) is 0 Å². The molecule has 0 saturated carbocycles. The van der Waals surface area contributed by atoms with Crippen molar-refractivity contribution in [2.24, 2.45) is 5.92 Å². The van der Waals surface area contributed by atoms with E-state index in [9.17, 15) is 13.2 Å². The lowest BCUT2D eigenvalue weighted by Crippen LogP contribution is -2.39. The number of rotatable bonds is 5. The number of carbonyl (C=O) groups is 1. The van der Waals surface area contributed by atoms with Gasteiger partial charge in [-0.2, -0.15) is 4.31 Å². The molecule has 0 spiro atoms. The summed E-state index contributed by atoms with van der Waals surface area (Å²) >= 11 is 0. The van der Waals surface area contributed by atoms with E-state index in [1.807, 2.05) is 37.3 Å². The zero-order chi connectivity index (χ0) is 15.6. The summed E-state index contributed by atoms with van der Waals surface area (Å²) in [6, 6.07) is 9.01. The van der Waals surface area contributed by atoms with Crippen LogP contribution in [0.2, 0.25) is 0 Å². The van der Waals surface area contributed by atoms with Crippen molar-refractivity contribution < 1.29 is 18.3 Å². The second kappa shape index (κ2) is 6.15. The quantitative estimate of drug-likeness (QED) is 0.901. The summed E-state index contributed by atoms with van der Waals surface area (Å²) in [6.45, 7) is 3.85. The van der Waals surface area contributed by atoms with E-state index < -0.39 is 28.0 Å². The monoisotopic (exact) mass is 311 g/mol. The van der Waals surface area contributed by atoms with Gasteiger partial charge in [0.25, 0.3) is 0 Å². The molecule has 0 bridgehead atoms. The molecule has 1 fully saturated rings. The number of aliphatic carboxylic acids is 1. The van der Waals surface area contributed by atoms with Crippen LogP contribution < -0.4 is 0 Å². The Morgan fingerprint density at radius 3 is 2.52 bits per heavy atom. The van der Waals surface area contributed by atoms with Gasteiger partial charge in [-0.1, -0.05) is 37.3 Å². The second-order valence-electron chi connectivity index (χ2n) is 5.68. The zero-order valence-electron chi connectivity index (χ0n) is 12.3. The molecule has 0 radical (unpaired) electrons. The van der Waals surface area contributed by atoms with Gasteiger partial charge in [-0.15, -0.1) is 0 Å². The van der Waals surface area contributed by atoms with Crippen LogP contribution in [0.4, 0.5) is 0 Å². The van der Waals surface area contributed by atoms with Crippen LogP contribution >= 0.6 is 0 Å². The number of carboxylic acids is 1. The number of nitrogens with zero attached hydrogens (tertiary/aromatic N) is 1. The molecule has 1 aliphatic heterocycles. The van der Waals surface area contributed by atoms with E-state index in [4.69, 9.17) is 5.11 Å². The summed E-state index contributed by atoms with van der Waals surface area (Å²) in [6.07, 6.45) is 0.384. The van der Waals surface area contributed by atoms with Gasteiger partial charge in [0.15, 0.2) is 0 Å². The molecule has 3 atom stereocenters. The highest BCUT2D eigenvalue weighted by molar-refractivity contribution is 7.89. The normalized spacial score (nSPS) is 24.9. The largest absolute Gasteiger partial charge is 0.481 e. The van der Waals surface area contributed by atoms with Crippen LogP contribution in [-0.4, -0.2) is 42.1 Å². The van der Waals surface area contributed by atoms with Crippen molar-refractivity contribution in [3.05, 3.63) is 35.9 Å². The lowest BCUT2D eigenvalue weighted by atomic mass is 10.0. The van der Waals surface area contributed by atoms with Gasteiger partial charge in [0, 0.05) is 12.6 Å². The highest BCUT2D eigenvalue weighted by Gasteiger charge is 2.41. The summed E-state index contributed by atoms with van der Waals surface area (Å²) in [4.78, 5) is 11.1. The molecule has 6 heteroatoms. The Morgan fingerprint density at radius 1 is 1.38 bits per heavy atom. The van der Waals surface area contributed by atoms with Crippen molar-refractivity contribution in [1.29, 1.82) is 0 Å². The second-order valence-corrected chi connectivity index (χ2v) is 7.64. The summed E-state index contributed by atoms with van der Waals surface area (Å²) in [5.41, 5.74) is 0.975. The lowest BCUT2D eigenvalue weighted by Gasteiger charge is -2.24. The molecule has 1 saturated heterocycles. The maximum absolute atomic E-state index is 12.5. The minimum absolute atomic E-state index is 0.00763. The number of hydrogen-bond acceptors (Lipinski definition) is 3. The van der Waals surface area contributed by atoms with E-state index in [-0.39, 0.29) is 11.7 Å². The highest BCUT2D eigenvalue weighted by Crippen LogP contribution is 2.29. The minimum Gasteiger partial charge on any atom is -0.481 e. The Bertz CT molecular complexity index is 599. The first-order valence-corrected chi connectivity index (χ1v) is 8.71. The van der Waals surface area contributed by atoms with Gasteiger partial charge in [-0.25, -0.2) is 8.42 Å². The fourth-order valence-electron chi connectivity index (χ4n) is 2.92. The SMILES string of the molecule is CC(CS(=O)(=O)N1CCC(C(=O)O)C1C)c1ccccc1. The van der Waals surface area contributed by atoms with Gasteiger partial charge in [0.1, 0.15) is 0 Å². The first kappa shape index (κ1) is 16.0. The zero-order valence-corrected chi connectivity index (χ0v) is 13.1. The average molecular weight is 311 g/mol. The van der Waals surface area contributed by atoms with Crippen molar-refractivity contribution in [3.8, 4) is 0 Å². The Balaban J connectivity index is 2.11. The summed E-state index contributed by atoms with van der Waals surface area (Å²) in [7, 11) is -3.45. The number of benzene rings is 1. The van der Waals surface area contributed by atoms with Crippen LogP contribution in [0.15, 0.2) is 30.3 Å². The van der Waals surface area contributed by atoms with Crippen LogP contribution in [0, 0.1) is 5.92 Å². The van der Waals surface area contributed by atoms with E-state index in [1.165, 1.54) is 4.31 Å². The van der Waals surface area contributed by atoms with E-state index in [1.54, 1.807) is 6.92 Å². The van der Waals surface area contributed by atoms with Crippen molar-refractivity contribution in [1.82, 2.24) is 4.31 Å². The third kappa shape index (κ3) is 3.44. The van der Waals surface area contributed by atoms with Crippen LogP contribution in [0.3, 0.4) is 0 Å². The number of carboxylic acid groups (broad SMARTS) is 1. The molecule has 2 rings (SSSR count). The van der Waals surface area contributed by atoms with Gasteiger partial charge >= 0.3 is 5.97 Å². The fraction of sp³-hybridized carbons (Fsp3) is 0.533. The Kier molecular flexibility index (Phi) is 4.68. The minimum atomic E-state index is -3.45. The molecule has 0 aliphatic carbocycles. The van der Waals surface area contributed by atoms with E-state index in [0.717, 1.165) is 5.56 Å². The van der Waals surface area contributed by atoms with Crippen LogP contribution in [0.1, 0.15) is 31.7 Å². The molecule has 21 heavy (non-hydrogen) atoms. The van der Waals surface area contributed by atoms with Crippen molar-refractivity contribution in [2.75, 3.05) is 12.3 Å². The lowest BCUT2D eigenvalue weighted by molar-refractivity contribution is -0.142. The van der Waals surface area contributed by atoms with Crippen LogP contribution in [0.25, 0.3) is 0 Å². The van der Waals surface area contributed by atoms with Crippen molar-refractivity contribution in [2.45, 2.75) is 32.2 Å². The fourth-order valence-corrected chi connectivity index (χ4v) is 4.98. The summed E-state index contributed by atoms with van der Waals surface area (Å²) < 4.78 is 26.4. The molecular formula is C15H21NO4S. The topological polar surface area (TPSA) is 74.7 Å². The molecule has 5 nitrogen and oxygen atoms in total. The molecule has 1 N–H and O–H groups in total. The van der Waals surface area contributed by atoms with Gasteiger partial charge in [0.2, 0.25) is 10.0 Å². The van der Waals surface area contributed by atoms with Gasteiger partial charge in [0.05, 0.1) is 11.7 Å². The summed E-state index contributed by atoms with van der Waals surface area (Å²) in [5, 5.41) is 9.11. The predicted molar refractivity (Wildman–Crippen MR) is 80.6 cm³/mol. The van der Waals surface area contributed by atoms with E-state index in [0.29, 0.717) is 13.0 Å². The maximum atomic E-state index is 12.5. The first-order chi connectivity index (χ1) is 9.83. The maximum Gasteiger partial charge on any atom is 0.308 e. The van der Waals surface area contributed by atoms with Crippen molar-refractivity contribution >= 4 is 16.0 Å². The van der Waals surface area contributed by atoms with Crippen LogP contribution in [0.5, 0.6) is 0 Å². The predicted octanol–water partition coefficient (Wildman–Crippen LogP) is 1.91. The number of hydrogen-bond donors (Lipinski definition) is 1. The Labute approximate surface area is 125 Å². The average Bonchev–Trinajstić information content (AvgIpc) is 2.82. The molecule has 1 heterocycles.